The molecule has 1 amide bonds. The number of hydrogen-bond donors (Lipinski definition) is 2. The molecular weight excluding hydrogens is 456 g/mol. The van der Waals surface area contributed by atoms with E-state index in [1.54, 1.807) is 19.1 Å². The number of aryl methyl sites for hydroxylation is 1. The number of sulfonamides is 1. The predicted molar refractivity (Wildman–Crippen MR) is 131 cm³/mol. The first-order chi connectivity index (χ1) is 16.3. The van der Waals surface area contributed by atoms with Gasteiger partial charge in [0.15, 0.2) is 6.10 Å². The number of nitrogens with one attached hydrogen (secondary N) is 2. The van der Waals surface area contributed by atoms with Crippen LogP contribution in [0, 0.1) is 0 Å². The van der Waals surface area contributed by atoms with Gasteiger partial charge in [-0.3, -0.25) is 9.52 Å². The molecule has 9 heteroatoms. The molecule has 0 heterocycles. The Bertz CT molecular complexity index is 1240. The highest BCUT2D eigenvalue weighted by Crippen LogP contribution is 2.31. The zero-order chi connectivity index (χ0) is 24.7. The minimum atomic E-state index is -3.90. The van der Waals surface area contributed by atoms with Crippen molar-refractivity contribution in [3.63, 3.8) is 0 Å². The highest BCUT2D eigenvalue weighted by Gasteiger charge is 2.19. The molecule has 0 fully saturated rings. The molecule has 1 atom stereocenters. The molecule has 3 rings (SSSR count). The molecule has 0 spiro atoms. The highest BCUT2D eigenvalue weighted by atomic mass is 32.2. The summed E-state index contributed by atoms with van der Waals surface area (Å²) in [5, 5.41) is 2.75. The lowest BCUT2D eigenvalue weighted by Gasteiger charge is -2.17. The van der Waals surface area contributed by atoms with Gasteiger partial charge in [-0.15, -0.1) is 0 Å². The SMILES string of the molecule is CCc1ccccc1O[C@@H](C)C(=O)Nc1ccc(S(=O)(=O)Nc2cc(OC)ccc2OC)cc1. The Hall–Kier alpha value is -3.72. The largest absolute Gasteiger partial charge is 0.497 e. The van der Waals surface area contributed by atoms with E-state index in [4.69, 9.17) is 14.2 Å². The number of ether oxygens (including phenoxy) is 3. The van der Waals surface area contributed by atoms with Gasteiger partial charge in [-0.2, -0.15) is 0 Å². The summed E-state index contributed by atoms with van der Waals surface area (Å²) in [6.07, 6.45) is 0.0501. The fourth-order valence-corrected chi connectivity index (χ4v) is 4.27. The second-order valence-corrected chi connectivity index (χ2v) is 9.09. The van der Waals surface area contributed by atoms with Crippen LogP contribution in [0.5, 0.6) is 17.2 Å². The number of methoxy groups -OCH3 is 2. The summed E-state index contributed by atoms with van der Waals surface area (Å²) in [5.41, 5.74) is 1.71. The molecule has 0 aliphatic carbocycles. The Morgan fingerprint density at radius 2 is 1.65 bits per heavy atom. The number of carbonyl (C=O) groups excluding carboxylic acids is 1. The van der Waals surface area contributed by atoms with E-state index in [-0.39, 0.29) is 16.5 Å². The quantitative estimate of drug-likeness (QED) is 0.440. The number of amides is 1. The summed E-state index contributed by atoms with van der Waals surface area (Å²) in [4.78, 5) is 12.6. The van der Waals surface area contributed by atoms with Gasteiger partial charge in [-0.05, 0) is 61.4 Å². The van der Waals surface area contributed by atoms with Crippen LogP contribution in [0.4, 0.5) is 11.4 Å². The molecule has 2 N–H and O–H groups in total. The van der Waals surface area contributed by atoms with E-state index >= 15 is 0 Å². The van der Waals surface area contributed by atoms with Gasteiger partial charge in [0.25, 0.3) is 15.9 Å². The van der Waals surface area contributed by atoms with Crippen LogP contribution >= 0.6 is 0 Å². The van der Waals surface area contributed by atoms with E-state index < -0.39 is 16.1 Å². The first kappa shape index (κ1) is 24.9. The Kier molecular flexibility index (Phi) is 8.01. The van der Waals surface area contributed by atoms with Crippen LogP contribution in [0.25, 0.3) is 0 Å². The third kappa shape index (κ3) is 5.99. The first-order valence-electron chi connectivity index (χ1n) is 10.7. The molecule has 0 aromatic heterocycles. The lowest BCUT2D eigenvalue weighted by Crippen LogP contribution is -2.30. The summed E-state index contributed by atoms with van der Waals surface area (Å²) in [5.74, 6) is 1.15. The first-order valence-corrected chi connectivity index (χ1v) is 12.2. The van der Waals surface area contributed by atoms with Crippen molar-refractivity contribution in [3.8, 4) is 17.2 Å². The smallest absolute Gasteiger partial charge is 0.265 e. The minimum Gasteiger partial charge on any atom is -0.497 e. The second-order valence-electron chi connectivity index (χ2n) is 7.41. The maximum atomic E-state index is 12.9. The van der Waals surface area contributed by atoms with E-state index in [0.29, 0.717) is 22.9 Å². The molecule has 180 valence electrons. The van der Waals surface area contributed by atoms with Gasteiger partial charge < -0.3 is 19.5 Å². The van der Waals surface area contributed by atoms with Crippen molar-refractivity contribution in [1.29, 1.82) is 0 Å². The van der Waals surface area contributed by atoms with Crippen molar-refractivity contribution in [1.82, 2.24) is 0 Å². The number of para-hydroxylation sites is 1. The van der Waals surface area contributed by atoms with Crippen LogP contribution in [0.2, 0.25) is 0 Å². The molecule has 0 saturated heterocycles. The topological polar surface area (TPSA) is 103 Å². The third-order valence-electron chi connectivity index (χ3n) is 5.11. The van der Waals surface area contributed by atoms with E-state index in [0.717, 1.165) is 12.0 Å². The van der Waals surface area contributed by atoms with Gasteiger partial charge in [-0.1, -0.05) is 25.1 Å². The molecule has 0 aliphatic heterocycles. The van der Waals surface area contributed by atoms with Crippen LogP contribution in [0.15, 0.2) is 71.6 Å². The van der Waals surface area contributed by atoms with E-state index in [1.165, 1.54) is 44.6 Å². The number of benzene rings is 3. The van der Waals surface area contributed by atoms with Crippen molar-refractivity contribution in [2.24, 2.45) is 0 Å². The van der Waals surface area contributed by atoms with Crippen LogP contribution in [0.1, 0.15) is 19.4 Å². The minimum absolute atomic E-state index is 0.0246. The summed E-state index contributed by atoms with van der Waals surface area (Å²) in [6, 6.07) is 18.2. The second kappa shape index (κ2) is 10.9. The Morgan fingerprint density at radius 1 is 0.941 bits per heavy atom. The van der Waals surface area contributed by atoms with E-state index in [2.05, 4.69) is 10.0 Å². The number of carbonyl (C=O) groups is 1. The average Bonchev–Trinajstić information content (AvgIpc) is 2.84. The van der Waals surface area contributed by atoms with Crippen molar-refractivity contribution in [2.75, 3.05) is 24.3 Å². The summed E-state index contributed by atoms with van der Waals surface area (Å²) in [7, 11) is -0.969. The van der Waals surface area contributed by atoms with Gasteiger partial charge in [0.1, 0.15) is 17.2 Å². The molecule has 3 aromatic carbocycles. The normalized spacial score (nSPS) is 11.9. The Morgan fingerprint density at radius 3 is 2.29 bits per heavy atom. The molecule has 0 saturated carbocycles. The maximum Gasteiger partial charge on any atom is 0.265 e. The fraction of sp³-hybridized carbons (Fsp3) is 0.240. The van der Waals surface area contributed by atoms with E-state index in [9.17, 15) is 13.2 Å². The Balaban J connectivity index is 1.69. The van der Waals surface area contributed by atoms with Crippen LogP contribution in [-0.2, 0) is 21.2 Å². The summed E-state index contributed by atoms with van der Waals surface area (Å²) < 4.78 is 44.4. The molecular formula is C25H28N2O6S. The van der Waals surface area contributed by atoms with Gasteiger partial charge >= 0.3 is 0 Å². The van der Waals surface area contributed by atoms with Crippen LogP contribution in [-0.4, -0.2) is 34.6 Å². The van der Waals surface area contributed by atoms with E-state index in [1.807, 2.05) is 31.2 Å². The maximum absolute atomic E-state index is 12.9. The lowest BCUT2D eigenvalue weighted by molar-refractivity contribution is -0.122. The van der Waals surface area contributed by atoms with Crippen molar-refractivity contribution < 1.29 is 27.4 Å². The zero-order valence-electron chi connectivity index (χ0n) is 19.5. The molecule has 34 heavy (non-hydrogen) atoms. The standard InChI is InChI=1S/C25H28N2O6S/c1-5-18-8-6-7-9-23(18)33-17(2)25(28)26-19-10-13-21(14-11-19)34(29,30)27-22-16-20(31-3)12-15-24(22)32-4/h6-17,27H,5H2,1-4H3,(H,26,28)/t17-/m0/s1. The van der Waals surface area contributed by atoms with Crippen molar-refractivity contribution in [3.05, 3.63) is 72.3 Å². The van der Waals surface area contributed by atoms with Gasteiger partial charge in [0.2, 0.25) is 0 Å². The monoisotopic (exact) mass is 484 g/mol. The molecule has 0 aliphatic rings. The van der Waals surface area contributed by atoms with Gasteiger partial charge in [0.05, 0.1) is 24.8 Å². The number of hydrogen-bond acceptors (Lipinski definition) is 6. The number of anilines is 2. The predicted octanol–water partition coefficient (Wildman–Crippen LogP) is 4.47. The summed E-state index contributed by atoms with van der Waals surface area (Å²) in [6.45, 7) is 3.67. The van der Waals surface area contributed by atoms with Crippen LogP contribution < -0.4 is 24.2 Å². The Labute approximate surface area is 199 Å². The average molecular weight is 485 g/mol. The van der Waals surface area contributed by atoms with Crippen molar-refractivity contribution >= 4 is 27.3 Å². The molecule has 0 bridgehead atoms. The fourth-order valence-electron chi connectivity index (χ4n) is 3.21. The summed E-state index contributed by atoms with van der Waals surface area (Å²) >= 11 is 0. The third-order valence-corrected chi connectivity index (χ3v) is 6.49. The van der Waals surface area contributed by atoms with Gasteiger partial charge in [-0.25, -0.2) is 8.42 Å². The highest BCUT2D eigenvalue weighted by molar-refractivity contribution is 7.92. The van der Waals surface area contributed by atoms with Gasteiger partial charge in [0, 0.05) is 11.8 Å². The molecule has 3 aromatic rings. The van der Waals surface area contributed by atoms with Crippen molar-refractivity contribution in [2.45, 2.75) is 31.3 Å². The van der Waals surface area contributed by atoms with Crippen LogP contribution in [0.3, 0.4) is 0 Å². The number of rotatable bonds is 10. The molecule has 0 radical (unpaired) electrons. The molecule has 0 unspecified atom stereocenters. The molecule has 8 nitrogen and oxygen atoms in total. The lowest BCUT2D eigenvalue weighted by atomic mass is 10.1. The zero-order valence-corrected chi connectivity index (χ0v) is 20.3.